The predicted octanol–water partition coefficient (Wildman–Crippen LogP) is 1.68. The molecule has 2 atom stereocenters. The summed E-state index contributed by atoms with van der Waals surface area (Å²) < 4.78 is 19.2. The minimum Gasteiger partial charge on any atom is -0.374 e. The number of ether oxygens (including phenoxy) is 1. The molecule has 18 heavy (non-hydrogen) atoms. The van der Waals surface area contributed by atoms with E-state index in [9.17, 15) is 4.39 Å². The van der Waals surface area contributed by atoms with Gasteiger partial charge in [-0.3, -0.25) is 0 Å². The Kier molecular flexibility index (Phi) is 4.56. The number of hydrogen-bond acceptors (Lipinski definition) is 3. The van der Waals surface area contributed by atoms with Crippen LogP contribution in [0.3, 0.4) is 0 Å². The van der Waals surface area contributed by atoms with Gasteiger partial charge in [0.25, 0.3) is 0 Å². The molecule has 2 rings (SSSR count). The van der Waals surface area contributed by atoms with Crippen LogP contribution in [0.1, 0.15) is 5.56 Å². The van der Waals surface area contributed by atoms with Crippen LogP contribution in [0.4, 0.5) is 4.39 Å². The van der Waals surface area contributed by atoms with Gasteiger partial charge in [-0.25, -0.2) is 4.39 Å². The fraction of sp³-hybridized carbons (Fsp3) is 0.538. The number of likely N-dealkylation sites (N-methyl/N-ethyl adjacent to an activating group) is 1. The first-order chi connectivity index (χ1) is 8.56. The van der Waals surface area contributed by atoms with Crippen LogP contribution in [0.15, 0.2) is 18.2 Å². The Labute approximate surface area is 112 Å². The lowest BCUT2D eigenvalue weighted by molar-refractivity contribution is -0.0320. The number of morpholine rings is 1. The highest BCUT2D eigenvalue weighted by Gasteiger charge is 2.24. The average molecular weight is 273 g/mol. The molecule has 0 saturated carbocycles. The van der Waals surface area contributed by atoms with Gasteiger partial charge in [-0.05, 0) is 37.2 Å². The maximum absolute atomic E-state index is 13.6. The van der Waals surface area contributed by atoms with Crippen molar-refractivity contribution < 1.29 is 9.13 Å². The van der Waals surface area contributed by atoms with Crippen molar-refractivity contribution in [2.45, 2.75) is 18.6 Å². The zero-order chi connectivity index (χ0) is 13.1. The molecule has 3 nitrogen and oxygen atoms in total. The highest BCUT2D eigenvalue weighted by Crippen LogP contribution is 2.18. The number of nitrogens with two attached hydrogens (primary N) is 1. The smallest absolute Gasteiger partial charge is 0.126 e. The van der Waals surface area contributed by atoms with E-state index in [1.54, 1.807) is 6.07 Å². The van der Waals surface area contributed by atoms with Crippen molar-refractivity contribution in [3.63, 3.8) is 0 Å². The molecular formula is C13H18ClFN2O. The largest absolute Gasteiger partial charge is 0.374 e. The molecule has 1 aromatic rings. The molecule has 5 heteroatoms. The summed E-state index contributed by atoms with van der Waals surface area (Å²) in [6.07, 6.45) is 0.382. The lowest BCUT2D eigenvalue weighted by atomic mass is 10.0. The summed E-state index contributed by atoms with van der Waals surface area (Å²) in [7, 11) is 2.03. The fourth-order valence-corrected chi connectivity index (χ4v) is 2.35. The van der Waals surface area contributed by atoms with Crippen molar-refractivity contribution in [1.82, 2.24) is 4.90 Å². The first-order valence-corrected chi connectivity index (χ1v) is 6.43. The van der Waals surface area contributed by atoms with E-state index in [2.05, 4.69) is 4.90 Å². The standard InChI is InChI=1S/C13H18ClFN2O/c1-17-4-5-18-13(8-17)12(16)7-9-6-10(14)2-3-11(9)15/h2-3,6,12-13H,4-5,7-8,16H2,1H3. The first-order valence-electron chi connectivity index (χ1n) is 6.06. The summed E-state index contributed by atoms with van der Waals surface area (Å²) in [5.41, 5.74) is 6.65. The number of rotatable bonds is 3. The Bertz CT molecular complexity index is 416. The third-order valence-electron chi connectivity index (χ3n) is 3.24. The van der Waals surface area contributed by atoms with Crippen LogP contribution in [0.2, 0.25) is 5.02 Å². The minimum absolute atomic E-state index is 0.0536. The maximum Gasteiger partial charge on any atom is 0.126 e. The van der Waals surface area contributed by atoms with E-state index < -0.39 is 0 Å². The Morgan fingerprint density at radius 2 is 2.39 bits per heavy atom. The summed E-state index contributed by atoms with van der Waals surface area (Å²) in [6.45, 7) is 2.37. The molecule has 2 N–H and O–H groups in total. The second-order valence-electron chi connectivity index (χ2n) is 4.78. The fourth-order valence-electron chi connectivity index (χ4n) is 2.16. The topological polar surface area (TPSA) is 38.5 Å². The van der Waals surface area contributed by atoms with Crippen molar-refractivity contribution in [3.05, 3.63) is 34.6 Å². The lowest BCUT2D eigenvalue weighted by Gasteiger charge is -2.33. The van der Waals surface area contributed by atoms with Gasteiger partial charge in [-0.1, -0.05) is 11.6 Å². The molecule has 0 spiro atoms. The molecule has 1 aliphatic heterocycles. The van der Waals surface area contributed by atoms with E-state index >= 15 is 0 Å². The molecule has 100 valence electrons. The van der Waals surface area contributed by atoms with E-state index in [-0.39, 0.29) is 18.0 Å². The number of halogens is 2. The van der Waals surface area contributed by atoms with Gasteiger partial charge in [-0.15, -0.1) is 0 Å². The molecule has 0 bridgehead atoms. The van der Waals surface area contributed by atoms with Gasteiger partial charge < -0.3 is 15.4 Å². The van der Waals surface area contributed by atoms with Crippen molar-refractivity contribution in [2.24, 2.45) is 5.73 Å². The van der Waals surface area contributed by atoms with E-state index in [1.165, 1.54) is 12.1 Å². The second-order valence-corrected chi connectivity index (χ2v) is 5.21. The maximum atomic E-state index is 13.6. The summed E-state index contributed by atoms with van der Waals surface area (Å²) in [6, 6.07) is 4.32. The van der Waals surface area contributed by atoms with E-state index in [0.717, 1.165) is 13.1 Å². The number of benzene rings is 1. The SMILES string of the molecule is CN1CCOC(C(N)Cc2cc(Cl)ccc2F)C1. The zero-order valence-electron chi connectivity index (χ0n) is 10.4. The number of nitrogens with zero attached hydrogens (tertiary/aromatic N) is 1. The van der Waals surface area contributed by atoms with Gasteiger partial charge in [0.1, 0.15) is 5.82 Å². The van der Waals surface area contributed by atoms with E-state index in [4.69, 9.17) is 22.1 Å². The molecule has 1 saturated heterocycles. The van der Waals surface area contributed by atoms with Gasteiger partial charge in [0.15, 0.2) is 0 Å². The van der Waals surface area contributed by atoms with Gasteiger partial charge in [-0.2, -0.15) is 0 Å². The van der Waals surface area contributed by atoms with Crippen LogP contribution in [0.25, 0.3) is 0 Å². The molecule has 0 aliphatic carbocycles. The Balaban J connectivity index is 2.01. The molecule has 0 aromatic heterocycles. The molecule has 0 radical (unpaired) electrons. The van der Waals surface area contributed by atoms with Gasteiger partial charge >= 0.3 is 0 Å². The molecule has 0 amide bonds. The lowest BCUT2D eigenvalue weighted by Crippen LogP contribution is -2.50. The van der Waals surface area contributed by atoms with Gasteiger partial charge in [0.05, 0.1) is 12.7 Å². The number of hydrogen-bond donors (Lipinski definition) is 1. The first kappa shape index (κ1) is 13.7. The Morgan fingerprint density at radius 3 is 3.11 bits per heavy atom. The molecule has 1 fully saturated rings. The van der Waals surface area contributed by atoms with E-state index in [1.807, 2.05) is 7.05 Å². The summed E-state index contributed by atoms with van der Waals surface area (Å²) >= 11 is 5.86. The van der Waals surface area contributed by atoms with Gasteiger partial charge in [0.2, 0.25) is 0 Å². The highest BCUT2D eigenvalue weighted by molar-refractivity contribution is 6.30. The molecule has 2 unspecified atom stereocenters. The summed E-state index contributed by atoms with van der Waals surface area (Å²) in [4.78, 5) is 2.17. The molecule has 1 aromatic carbocycles. The van der Waals surface area contributed by atoms with Crippen LogP contribution < -0.4 is 5.73 Å². The Hall–Kier alpha value is -0.680. The third-order valence-corrected chi connectivity index (χ3v) is 3.47. The molecule has 1 heterocycles. The van der Waals surface area contributed by atoms with Crippen LogP contribution >= 0.6 is 11.6 Å². The van der Waals surface area contributed by atoms with Gasteiger partial charge in [0, 0.05) is 24.2 Å². The third kappa shape index (κ3) is 3.42. The monoisotopic (exact) mass is 272 g/mol. The van der Waals surface area contributed by atoms with Crippen LogP contribution in [-0.2, 0) is 11.2 Å². The second kappa shape index (κ2) is 5.97. The quantitative estimate of drug-likeness (QED) is 0.910. The molecule has 1 aliphatic rings. The van der Waals surface area contributed by atoms with Crippen LogP contribution in [0, 0.1) is 5.82 Å². The van der Waals surface area contributed by atoms with Crippen molar-refractivity contribution >= 4 is 11.6 Å². The summed E-state index contributed by atoms with van der Waals surface area (Å²) in [5, 5.41) is 0.528. The van der Waals surface area contributed by atoms with Crippen LogP contribution in [0.5, 0.6) is 0 Å². The van der Waals surface area contributed by atoms with E-state index in [0.29, 0.717) is 23.6 Å². The highest BCUT2D eigenvalue weighted by atomic mass is 35.5. The summed E-state index contributed by atoms with van der Waals surface area (Å²) in [5.74, 6) is -0.265. The van der Waals surface area contributed by atoms with Crippen molar-refractivity contribution in [1.29, 1.82) is 0 Å². The molecular weight excluding hydrogens is 255 g/mol. The predicted molar refractivity (Wildman–Crippen MR) is 70.3 cm³/mol. The Morgan fingerprint density at radius 1 is 1.61 bits per heavy atom. The normalized spacial score (nSPS) is 23.0. The van der Waals surface area contributed by atoms with Crippen molar-refractivity contribution in [2.75, 3.05) is 26.7 Å². The van der Waals surface area contributed by atoms with Crippen molar-refractivity contribution in [3.8, 4) is 0 Å². The average Bonchev–Trinajstić information content (AvgIpc) is 2.34. The van der Waals surface area contributed by atoms with Crippen LogP contribution in [-0.4, -0.2) is 43.8 Å². The zero-order valence-corrected chi connectivity index (χ0v) is 11.2. The minimum atomic E-state index is -0.265.